The van der Waals surface area contributed by atoms with Gasteiger partial charge >= 0.3 is 12.4 Å². The molecule has 0 saturated heterocycles. The molecule has 1 N–H and O–H groups in total. The maximum absolute atomic E-state index is 14.3. The molecule has 1 amide bonds. The second-order valence-electron chi connectivity index (χ2n) is 6.15. The minimum Gasteiger partial charge on any atom is -0.454 e. The average molecular weight is 483 g/mol. The molecular weight excluding hydrogens is 474 g/mol. The van der Waals surface area contributed by atoms with Crippen LogP contribution >= 0.6 is 11.5 Å². The van der Waals surface area contributed by atoms with Gasteiger partial charge in [-0.3, -0.25) is 4.79 Å². The molecule has 0 aliphatic rings. The molecule has 2 aromatic carbocycles. The molecule has 0 bridgehead atoms. The fourth-order valence-corrected chi connectivity index (χ4v) is 2.86. The van der Waals surface area contributed by atoms with E-state index in [-0.39, 0.29) is 28.8 Å². The highest BCUT2D eigenvalue weighted by Crippen LogP contribution is 2.39. The van der Waals surface area contributed by atoms with Gasteiger partial charge in [0.2, 0.25) is 5.01 Å². The van der Waals surface area contributed by atoms with E-state index in [0.29, 0.717) is 12.1 Å². The van der Waals surface area contributed by atoms with Crippen LogP contribution in [0.15, 0.2) is 36.7 Å². The van der Waals surface area contributed by atoms with E-state index < -0.39 is 59.1 Å². The van der Waals surface area contributed by atoms with Gasteiger partial charge in [0.05, 0.1) is 11.1 Å². The van der Waals surface area contributed by atoms with Crippen molar-refractivity contribution in [3.05, 3.63) is 70.0 Å². The normalized spacial score (nSPS) is 12.0. The predicted octanol–water partition coefficient (Wildman–Crippen LogP) is 5.58. The number of nitrogens with one attached hydrogen (secondary N) is 1. The van der Waals surface area contributed by atoms with Crippen molar-refractivity contribution in [3.8, 4) is 11.5 Å². The predicted molar refractivity (Wildman–Crippen MR) is 94.0 cm³/mol. The molecule has 0 aliphatic carbocycles. The Bertz CT molecular complexity index is 1100. The van der Waals surface area contributed by atoms with Crippen LogP contribution in [-0.4, -0.2) is 15.3 Å². The number of hydrogen-bond acceptors (Lipinski definition) is 5. The van der Waals surface area contributed by atoms with Crippen LogP contribution in [-0.2, 0) is 18.9 Å². The van der Waals surface area contributed by atoms with Crippen molar-refractivity contribution in [1.82, 2.24) is 14.7 Å². The molecule has 5 nitrogen and oxygen atoms in total. The summed E-state index contributed by atoms with van der Waals surface area (Å²) in [6.45, 7) is -0.483. The third kappa shape index (κ3) is 5.49. The third-order valence-corrected chi connectivity index (χ3v) is 4.55. The standard InChI is InChI=1S/C18H9F8N3O2S/c19-12-5-14(13(20)1-8(12)6-27-15(30)16-28-7-29-32-16)31-11-3-9(17(21,22)23)2-10(4-11)18(24,25)26/h1-5,7H,6H2,(H,27,30). The smallest absolute Gasteiger partial charge is 0.416 e. The first-order valence-electron chi connectivity index (χ1n) is 8.34. The Labute approximate surface area is 177 Å². The first-order chi connectivity index (χ1) is 14.8. The van der Waals surface area contributed by atoms with Crippen LogP contribution in [0.3, 0.4) is 0 Å². The lowest BCUT2D eigenvalue weighted by molar-refractivity contribution is -0.143. The van der Waals surface area contributed by atoms with Gasteiger partial charge in [-0.05, 0) is 35.8 Å². The lowest BCUT2D eigenvalue weighted by Crippen LogP contribution is -2.23. The summed E-state index contributed by atoms with van der Waals surface area (Å²) in [5.41, 5.74) is -3.72. The number of rotatable bonds is 5. The summed E-state index contributed by atoms with van der Waals surface area (Å²) < 4.78 is 115. The average Bonchev–Trinajstić information content (AvgIpc) is 3.22. The zero-order valence-electron chi connectivity index (χ0n) is 15.3. The van der Waals surface area contributed by atoms with Crippen LogP contribution in [0.4, 0.5) is 35.1 Å². The van der Waals surface area contributed by atoms with Crippen molar-refractivity contribution >= 4 is 17.4 Å². The van der Waals surface area contributed by atoms with Crippen LogP contribution in [0.25, 0.3) is 0 Å². The quantitative estimate of drug-likeness (QED) is 0.482. The Morgan fingerprint density at radius 3 is 2.09 bits per heavy atom. The number of carbonyl (C=O) groups is 1. The van der Waals surface area contributed by atoms with Gasteiger partial charge in [-0.25, -0.2) is 13.8 Å². The largest absolute Gasteiger partial charge is 0.454 e. The zero-order chi connectivity index (χ0) is 23.7. The van der Waals surface area contributed by atoms with Crippen molar-refractivity contribution in [2.45, 2.75) is 18.9 Å². The van der Waals surface area contributed by atoms with E-state index in [1.165, 1.54) is 0 Å². The lowest BCUT2D eigenvalue weighted by atomic mass is 10.1. The minimum atomic E-state index is -5.14. The first-order valence-corrected chi connectivity index (χ1v) is 9.12. The van der Waals surface area contributed by atoms with E-state index in [0.717, 1.165) is 17.9 Å². The number of ether oxygens (including phenoxy) is 1. The summed E-state index contributed by atoms with van der Waals surface area (Å²) in [5, 5.41) is 2.23. The number of aromatic nitrogens is 2. The van der Waals surface area contributed by atoms with Gasteiger partial charge in [-0.2, -0.15) is 30.7 Å². The summed E-state index contributed by atoms with van der Waals surface area (Å²) in [4.78, 5) is 15.4. The number of hydrogen-bond donors (Lipinski definition) is 1. The molecule has 3 aromatic rings. The zero-order valence-corrected chi connectivity index (χ0v) is 16.1. The first kappa shape index (κ1) is 23.4. The number of carbonyl (C=O) groups excluding carboxylic acids is 1. The Hall–Kier alpha value is -3.29. The molecule has 0 fully saturated rings. The molecule has 170 valence electrons. The number of benzene rings is 2. The molecule has 3 rings (SSSR count). The van der Waals surface area contributed by atoms with Gasteiger partial charge in [0, 0.05) is 18.2 Å². The summed E-state index contributed by atoms with van der Waals surface area (Å²) in [7, 11) is 0. The lowest BCUT2D eigenvalue weighted by Gasteiger charge is -2.15. The van der Waals surface area contributed by atoms with E-state index in [1.807, 2.05) is 0 Å². The molecule has 0 unspecified atom stereocenters. The maximum Gasteiger partial charge on any atom is 0.416 e. The Morgan fingerprint density at radius 2 is 1.56 bits per heavy atom. The van der Waals surface area contributed by atoms with Gasteiger partial charge in [-0.1, -0.05) is 0 Å². The van der Waals surface area contributed by atoms with E-state index >= 15 is 0 Å². The van der Waals surface area contributed by atoms with Gasteiger partial charge in [-0.15, -0.1) is 0 Å². The van der Waals surface area contributed by atoms with Crippen LogP contribution in [0.5, 0.6) is 11.5 Å². The van der Waals surface area contributed by atoms with Crippen molar-refractivity contribution in [2.75, 3.05) is 0 Å². The van der Waals surface area contributed by atoms with Crippen LogP contribution in [0.1, 0.15) is 26.5 Å². The molecule has 0 atom stereocenters. The Kier molecular flexibility index (Phi) is 6.34. The van der Waals surface area contributed by atoms with Crippen molar-refractivity contribution in [1.29, 1.82) is 0 Å². The topological polar surface area (TPSA) is 64.1 Å². The number of alkyl halides is 6. The van der Waals surface area contributed by atoms with Crippen LogP contribution < -0.4 is 10.1 Å². The highest BCUT2D eigenvalue weighted by atomic mass is 32.1. The summed E-state index contributed by atoms with van der Waals surface area (Å²) >= 11 is 0.762. The van der Waals surface area contributed by atoms with Crippen LogP contribution in [0.2, 0.25) is 0 Å². The highest BCUT2D eigenvalue weighted by molar-refractivity contribution is 7.07. The molecule has 0 spiro atoms. The van der Waals surface area contributed by atoms with Gasteiger partial charge in [0.1, 0.15) is 17.9 Å². The molecule has 0 saturated carbocycles. The van der Waals surface area contributed by atoms with Gasteiger partial charge < -0.3 is 10.1 Å². The van der Waals surface area contributed by atoms with E-state index in [9.17, 15) is 39.9 Å². The molecule has 1 heterocycles. The summed E-state index contributed by atoms with van der Waals surface area (Å²) in [5.74, 6) is -5.06. The van der Waals surface area contributed by atoms with Crippen molar-refractivity contribution in [2.24, 2.45) is 0 Å². The van der Waals surface area contributed by atoms with Crippen LogP contribution in [0, 0.1) is 11.6 Å². The molecule has 0 radical (unpaired) electrons. The molecule has 14 heteroatoms. The Morgan fingerprint density at radius 1 is 0.938 bits per heavy atom. The second-order valence-corrected chi connectivity index (χ2v) is 6.93. The minimum absolute atomic E-state index is 0.0316. The molecule has 1 aromatic heterocycles. The fraction of sp³-hybridized carbons (Fsp3) is 0.167. The Balaban J connectivity index is 1.85. The summed E-state index contributed by atoms with van der Waals surface area (Å²) in [6, 6.07) is 1.34. The van der Waals surface area contributed by atoms with Gasteiger partial charge in [0.25, 0.3) is 5.91 Å². The molecule has 0 aliphatic heterocycles. The fourth-order valence-electron chi connectivity index (χ4n) is 2.42. The number of nitrogens with zero attached hydrogens (tertiary/aromatic N) is 2. The summed E-state index contributed by atoms with van der Waals surface area (Å²) in [6.07, 6.45) is -9.17. The SMILES string of the molecule is O=C(NCc1cc(F)c(Oc2cc(C(F)(F)F)cc(C(F)(F)F)c2)cc1F)c1ncns1. The second kappa shape index (κ2) is 8.68. The monoisotopic (exact) mass is 483 g/mol. The van der Waals surface area contributed by atoms with Gasteiger partial charge in [0.15, 0.2) is 11.6 Å². The van der Waals surface area contributed by atoms with Crippen molar-refractivity contribution in [3.63, 3.8) is 0 Å². The van der Waals surface area contributed by atoms with E-state index in [1.54, 1.807) is 0 Å². The number of halogens is 8. The van der Waals surface area contributed by atoms with Crippen molar-refractivity contribution < 1.29 is 44.7 Å². The van der Waals surface area contributed by atoms with E-state index in [2.05, 4.69) is 14.7 Å². The molecule has 32 heavy (non-hydrogen) atoms. The maximum atomic E-state index is 14.3. The highest BCUT2D eigenvalue weighted by Gasteiger charge is 2.37. The molecular formula is C18H9F8N3O2S. The third-order valence-electron chi connectivity index (χ3n) is 3.88. The van der Waals surface area contributed by atoms with E-state index in [4.69, 9.17) is 4.74 Å². The number of amides is 1.